The molecule has 0 radical (unpaired) electrons. The molecule has 2 N–H and O–H groups in total. The molecule has 74 valence electrons. The number of nitrogens with one attached hydrogen (secondary N) is 1. The second-order valence-electron chi connectivity index (χ2n) is 3.05. The van der Waals surface area contributed by atoms with E-state index < -0.39 is 0 Å². The zero-order chi connectivity index (χ0) is 9.68. The molecule has 4 heteroatoms. The van der Waals surface area contributed by atoms with Crippen LogP contribution in [-0.4, -0.2) is 17.8 Å². The molecule has 0 saturated carbocycles. The number of aliphatic hydroxyl groups excluding tert-OH is 1. The fourth-order valence-corrected chi connectivity index (χ4v) is 2.39. The Hall–Kier alpha value is 0.1000. The van der Waals surface area contributed by atoms with E-state index in [1.165, 1.54) is 4.88 Å². The Morgan fingerprint density at radius 2 is 2.46 bits per heavy atom. The first-order chi connectivity index (χ1) is 6.18. The van der Waals surface area contributed by atoms with Crippen LogP contribution < -0.4 is 5.32 Å². The molecule has 0 unspecified atom stereocenters. The lowest BCUT2D eigenvalue weighted by Gasteiger charge is -2.04. The summed E-state index contributed by atoms with van der Waals surface area (Å²) >= 11 is 5.14. The van der Waals surface area contributed by atoms with E-state index >= 15 is 0 Å². The minimum Gasteiger partial charge on any atom is -0.393 e. The van der Waals surface area contributed by atoms with Crippen molar-refractivity contribution < 1.29 is 5.11 Å². The first-order valence-electron chi connectivity index (χ1n) is 4.30. The molecule has 0 aliphatic heterocycles. The van der Waals surface area contributed by atoms with Gasteiger partial charge in [0.15, 0.2) is 0 Å². The SMILES string of the molecule is C[C@@H](O)CCNCc1cc(Br)cs1. The Kier molecular flexibility index (Phi) is 4.94. The maximum absolute atomic E-state index is 9.01. The van der Waals surface area contributed by atoms with Gasteiger partial charge < -0.3 is 10.4 Å². The van der Waals surface area contributed by atoms with Crippen LogP contribution in [0.25, 0.3) is 0 Å². The van der Waals surface area contributed by atoms with Crippen LogP contribution in [0.1, 0.15) is 18.2 Å². The van der Waals surface area contributed by atoms with E-state index in [9.17, 15) is 0 Å². The lowest BCUT2D eigenvalue weighted by atomic mass is 10.3. The summed E-state index contributed by atoms with van der Waals surface area (Å²) in [5, 5.41) is 14.4. The molecule has 1 atom stereocenters. The lowest BCUT2D eigenvalue weighted by Crippen LogP contribution is -2.17. The van der Waals surface area contributed by atoms with Crippen molar-refractivity contribution in [3.05, 3.63) is 20.8 Å². The molecule has 0 aromatic carbocycles. The third-order valence-corrected chi connectivity index (χ3v) is 3.36. The van der Waals surface area contributed by atoms with Gasteiger partial charge in [0.1, 0.15) is 0 Å². The molecular weight excluding hydrogens is 250 g/mol. The third kappa shape index (κ3) is 4.76. The normalized spacial score (nSPS) is 13.2. The van der Waals surface area contributed by atoms with E-state index in [4.69, 9.17) is 5.11 Å². The third-order valence-electron chi connectivity index (χ3n) is 1.66. The molecule has 0 amide bonds. The van der Waals surface area contributed by atoms with Crippen molar-refractivity contribution in [3.8, 4) is 0 Å². The standard InChI is InChI=1S/C9H14BrNOS/c1-7(12)2-3-11-5-9-4-8(10)6-13-9/h4,6-7,11-12H,2-3,5H2,1H3/t7-/m1/s1. The number of hydrogen-bond donors (Lipinski definition) is 2. The van der Waals surface area contributed by atoms with Gasteiger partial charge in [-0.1, -0.05) is 0 Å². The summed E-state index contributed by atoms with van der Waals surface area (Å²) in [4.78, 5) is 1.32. The van der Waals surface area contributed by atoms with Crippen molar-refractivity contribution in [2.75, 3.05) is 6.54 Å². The van der Waals surface area contributed by atoms with Gasteiger partial charge in [0.2, 0.25) is 0 Å². The predicted octanol–water partition coefficient (Wildman–Crippen LogP) is 2.37. The van der Waals surface area contributed by atoms with Crippen LogP contribution in [0, 0.1) is 0 Å². The van der Waals surface area contributed by atoms with Gasteiger partial charge in [0.05, 0.1) is 6.10 Å². The highest BCUT2D eigenvalue weighted by molar-refractivity contribution is 9.10. The summed E-state index contributed by atoms with van der Waals surface area (Å²) in [6, 6.07) is 2.11. The molecule has 0 saturated heterocycles. The Morgan fingerprint density at radius 1 is 1.69 bits per heavy atom. The summed E-state index contributed by atoms with van der Waals surface area (Å²) in [5.74, 6) is 0. The number of rotatable bonds is 5. The molecule has 0 aliphatic carbocycles. The molecule has 0 bridgehead atoms. The lowest BCUT2D eigenvalue weighted by molar-refractivity contribution is 0.183. The van der Waals surface area contributed by atoms with Gasteiger partial charge in [-0.15, -0.1) is 11.3 Å². The average molecular weight is 264 g/mol. The Balaban J connectivity index is 2.13. The van der Waals surface area contributed by atoms with Crippen LogP contribution in [0.15, 0.2) is 15.9 Å². The largest absolute Gasteiger partial charge is 0.393 e. The van der Waals surface area contributed by atoms with E-state index in [1.54, 1.807) is 11.3 Å². The minimum absolute atomic E-state index is 0.206. The van der Waals surface area contributed by atoms with Crippen molar-refractivity contribution in [1.29, 1.82) is 0 Å². The maximum atomic E-state index is 9.01. The van der Waals surface area contributed by atoms with E-state index in [1.807, 2.05) is 6.92 Å². The summed E-state index contributed by atoms with van der Waals surface area (Å²) < 4.78 is 1.14. The quantitative estimate of drug-likeness (QED) is 0.800. The van der Waals surface area contributed by atoms with Gasteiger partial charge in [0, 0.05) is 21.3 Å². The highest BCUT2D eigenvalue weighted by Crippen LogP contribution is 2.19. The fourth-order valence-electron chi connectivity index (χ4n) is 0.969. The topological polar surface area (TPSA) is 32.3 Å². The van der Waals surface area contributed by atoms with Crippen molar-refractivity contribution in [3.63, 3.8) is 0 Å². The molecule has 2 nitrogen and oxygen atoms in total. The minimum atomic E-state index is -0.206. The first-order valence-corrected chi connectivity index (χ1v) is 5.97. The van der Waals surface area contributed by atoms with Gasteiger partial charge in [-0.2, -0.15) is 0 Å². The summed E-state index contributed by atoms with van der Waals surface area (Å²) in [6.45, 7) is 3.57. The summed E-state index contributed by atoms with van der Waals surface area (Å²) in [6.07, 6.45) is 0.606. The van der Waals surface area contributed by atoms with E-state index in [0.717, 1.165) is 24.0 Å². The molecule has 0 aliphatic rings. The molecule has 1 heterocycles. The zero-order valence-corrected chi connectivity index (χ0v) is 9.99. The van der Waals surface area contributed by atoms with Crippen LogP contribution in [-0.2, 0) is 6.54 Å². The zero-order valence-electron chi connectivity index (χ0n) is 7.59. The average Bonchev–Trinajstić information content (AvgIpc) is 2.45. The van der Waals surface area contributed by atoms with E-state index in [-0.39, 0.29) is 6.10 Å². The Labute approximate surface area is 91.1 Å². The van der Waals surface area contributed by atoms with Gasteiger partial charge in [-0.05, 0) is 41.9 Å². The fraction of sp³-hybridized carbons (Fsp3) is 0.556. The van der Waals surface area contributed by atoms with Gasteiger partial charge in [0.25, 0.3) is 0 Å². The van der Waals surface area contributed by atoms with Crippen LogP contribution in [0.4, 0.5) is 0 Å². The van der Waals surface area contributed by atoms with Crippen LogP contribution in [0.5, 0.6) is 0 Å². The van der Waals surface area contributed by atoms with Crippen LogP contribution in [0.2, 0.25) is 0 Å². The highest BCUT2D eigenvalue weighted by Gasteiger charge is 1.98. The number of hydrogen-bond acceptors (Lipinski definition) is 3. The van der Waals surface area contributed by atoms with Gasteiger partial charge in [-0.25, -0.2) is 0 Å². The Bertz CT molecular complexity index is 250. The van der Waals surface area contributed by atoms with Gasteiger partial charge in [-0.3, -0.25) is 0 Å². The van der Waals surface area contributed by atoms with Crippen molar-refractivity contribution in [2.24, 2.45) is 0 Å². The first kappa shape index (κ1) is 11.2. The Morgan fingerprint density at radius 3 is 3.00 bits per heavy atom. The summed E-state index contributed by atoms with van der Waals surface area (Å²) in [5.41, 5.74) is 0. The number of thiophene rings is 1. The number of halogens is 1. The predicted molar refractivity (Wildman–Crippen MR) is 60.0 cm³/mol. The molecule has 0 spiro atoms. The molecular formula is C9H14BrNOS. The smallest absolute Gasteiger partial charge is 0.0524 e. The molecule has 1 rings (SSSR count). The van der Waals surface area contributed by atoms with Crippen molar-refractivity contribution in [1.82, 2.24) is 5.32 Å². The van der Waals surface area contributed by atoms with E-state index in [2.05, 4.69) is 32.7 Å². The monoisotopic (exact) mass is 263 g/mol. The summed E-state index contributed by atoms with van der Waals surface area (Å²) in [7, 11) is 0. The maximum Gasteiger partial charge on any atom is 0.0524 e. The van der Waals surface area contributed by atoms with Crippen molar-refractivity contribution >= 4 is 27.3 Å². The second-order valence-corrected chi connectivity index (χ2v) is 4.96. The molecule has 13 heavy (non-hydrogen) atoms. The number of aliphatic hydroxyl groups is 1. The van der Waals surface area contributed by atoms with Crippen LogP contribution in [0.3, 0.4) is 0 Å². The highest BCUT2D eigenvalue weighted by atomic mass is 79.9. The second kappa shape index (κ2) is 5.75. The van der Waals surface area contributed by atoms with Crippen LogP contribution >= 0.6 is 27.3 Å². The molecule has 1 aromatic heterocycles. The molecule has 0 fully saturated rings. The van der Waals surface area contributed by atoms with Crippen molar-refractivity contribution in [2.45, 2.75) is 26.0 Å². The van der Waals surface area contributed by atoms with Gasteiger partial charge >= 0.3 is 0 Å². The van der Waals surface area contributed by atoms with E-state index in [0.29, 0.717) is 0 Å². The molecule has 1 aromatic rings.